The number of dihydropyridines is 1. The summed E-state index contributed by atoms with van der Waals surface area (Å²) in [5.41, 5.74) is 8.73. The van der Waals surface area contributed by atoms with Crippen LogP contribution in [0.3, 0.4) is 0 Å². The molecule has 0 aromatic heterocycles. The van der Waals surface area contributed by atoms with Crippen LogP contribution in [0.2, 0.25) is 0 Å². The first-order valence-corrected chi connectivity index (χ1v) is 15.1. The van der Waals surface area contributed by atoms with E-state index in [0.29, 0.717) is 50.2 Å². The largest absolute Gasteiger partial charge is 0.504 e. The Morgan fingerprint density at radius 3 is 2.34 bits per heavy atom. The smallest absolute Gasteiger partial charge is 0.302 e. The van der Waals surface area contributed by atoms with Gasteiger partial charge in [0.05, 0.1) is 11.9 Å². The number of carbonyl (C=O) groups is 2. The summed E-state index contributed by atoms with van der Waals surface area (Å²) in [5, 5.41) is 23.6. The number of nitrogens with two attached hydrogens (primary N) is 1. The summed E-state index contributed by atoms with van der Waals surface area (Å²) in [6, 6.07) is 3.63. The summed E-state index contributed by atoms with van der Waals surface area (Å²) in [5.74, 6) is 0.426. The molecule has 0 spiro atoms. The molecular formula is C32H48N2O7. The lowest BCUT2D eigenvalue weighted by Crippen LogP contribution is -2.27. The molecule has 228 valence electrons. The number of phenolic OH excluding ortho intramolecular Hbond substituents is 1. The summed E-state index contributed by atoms with van der Waals surface area (Å²) < 4.78 is 17.6. The number of esters is 2. The number of phenols is 1. The molecule has 3 unspecified atom stereocenters. The maximum atomic E-state index is 12.0. The van der Waals surface area contributed by atoms with Crippen molar-refractivity contribution in [3.8, 4) is 11.5 Å². The van der Waals surface area contributed by atoms with Gasteiger partial charge >= 0.3 is 11.9 Å². The molecule has 0 saturated heterocycles. The van der Waals surface area contributed by atoms with Crippen molar-refractivity contribution in [3.63, 3.8) is 0 Å². The van der Waals surface area contributed by atoms with Gasteiger partial charge in [0.15, 0.2) is 11.5 Å². The average Bonchev–Trinajstić information content (AvgIpc) is 2.93. The minimum Gasteiger partial charge on any atom is -0.504 e. The van der Waals surface area contributed by atoms with E-state index in [2.05, 4.69) is 5.32 Å². The van der Waals surface area contributed by atoms with Gasteiger partial charge in [-0.3, -0.25) is 9.59 Å². The third kappa shape index (κ3) is 10.6. The lowest BCUT2D eigenvalue weighted by Gasteiger charge is -2.26. The van der Waals surface area contributed by atoms with Crippen LogP contribution in [-0.4, -0.2) is 53.6 Å². The van der Waals surface area contributed by atoms with Crippen molar-refractivity contribution in [1.82, 2.24) is 5.32 Å². The second-order valence-corrected chi connectivity index (χ2v) is 11.3. The van der Waals surface area contributed by atoms with Crippen molar-refractivity contribution >= 4 is 17.5 Å². The van der Waals surface area contributed by atoms with Crippen LogP contribution < -0.4 is 15.8 Å². The highest BCUT2D eigenvalue weighted by molar-refractivity contribution is 5.79. The average molecular weight is 573 g/mol. The maximum Gasteiger partial charge on any atom is 0.302 e. The zero-order chi connectivity index (χ0) is 29.8. The SMILES string of the molecule is CCC(CO)CCC(CC(CCc1cc(OC2CCCCC2)c(O)cc1C1=CCNC(N)=C1)OC(C)=O)OC(C)=O. The number of aryl methyl sites for hydroxylation is 1. The Labute approximate surface area is 244 Å². The lowest BCUT2D eigenvalue weighted by molar-refractivity contribution is -0.153. The standard InChI is InChI=1S/C32H48N2O7/c1-4-23(20-35)10-12-27(39-21(2)36)18-28(40-22(3)37)13-11-24-16-31(41-26-8-6-5-7-9-26)30(38)19-29(24)25-14-15-34-32(33)17-25/h14,16-17,19,23,26-28,34-35,38H,4-13,15,18,20,33H2,1-3H3. The molecule has 1 aromatic carbocycles. The molecule has 1 heterocycles. The summed E-state index contributed by atoms with van der Waals surface area (Å²) >= 11 is 0. The highest BCUT2D eigenvalue weighted by atomic mass is 16.6. The van der Waals surface area contributed by atoms with Crippen LogP contribution in [0.4, 0.5) is 0 Å². The molecule has 1 fully saturated rings. The summed E-state index contributed by atoms with van der Waals surface area (Å²) in [4.78, 5) is 23.9. The molecular weight excluding hydrogens is 524 g/mol. The molecule has 41 heavy (non-hydrogen) atoms. The van der Waals surface area contributed by atoms with E-state index in [0.717, 1.165) is 48.8 Å². The molecule has 3 atom stereocenters. The molecule has 9 heteroatoms. The maximum absolute atomic E-state index is 12.0. The van der Waals surface area contributed by atoms with Gasteiger partial charge in [-0.05, 0) is 92.2 Å². The molecule has 1 saturated carbocycles. The van der Waals surface area contributed by atoms with E-state index >= 15 is 0 Å². The van der Waals surface area contributed by atoms with Crippen LogP contribution in [0.1, 0.15) is 96.1 Å². The Kier molecular flexibility index (Phi) is 12.8. The first kappa shape index (κ1) is 32.3. The van der Waals surface area contributed by atoms with Crippen LogP contribution in [0.5, 0.6) is 11.5 Å². The van der Waals surface area contributed by atoms with Crippen molar-refractivity contribution in [2.45, 2.75) is 110 Å². The molecule has 0 radical (unpaired) electrons. The topological polar surface area (TPSA) is 140 Å². The van der Waals surface area contributed by atoms with Crippen LogP contribution in [0, 0.1) is 5.92 Å². The minimum absolute atomic E-state index is 0.0751. The first-order valence-electron chi connectivity index (χ1n) is 15.1. The molecule has 2 aliphatic rings. The summed E-state index contributed by atoms with van der Waals surface area (Å²) in [6.45, 7) is 5.42. The molecule has 1 aliphatic heterocycles. The molecule has 1 aromatic rings. The van der Waals surface area contributed by atoms with Gasteiger partial charge in [-0.2, -0.15) is 0 Å². The quantitative estimate of drug-likeness (QED) is 0.217. The number of nitrogens with one attached hydrogen (secondary N) is 1. The number of aromatic hydroxyl groups is 1. The van der Waals surface area contributed by atoms with Gasteiger partial charge in [0.25, 0.3) is 0 Å². The Hall–Kier alpha value is -3.20. The van der Waals surface area contributed by atoms with Gasteiger partial charge in [0, 0.05) is 33.4 Å². The van der Waals surface area contributed by atoms with Gasteiger partial charge in [-0.25, -0.2) is 0 Å². The Balaban J connectivity index is 1.84. The molecule has 5 N–H and O–H groups in total. The van der Waals surface area contributed by atoms with Crippen LogP contribution in [0.25, 0.3) is 5.57 Å². The Bertz CT molecular complexity index is 1070. The number of hydrogen-bond donors (Lipinski definition) is 4. The predicted octanol–water partition coefficient (Wildman–Crippen LogP) is 4.88. The molecule has 3 rings (SSSR count). The predicted molar refractivity (Wildman–Crippen MR) is 158 cm³/mol. The minimum atomic E-state index is -0.488. The zero-order valence-corrected chi connectivity index (χ0v) is 24.8. The summed E-state index contributed by atoms with van der Waals surface area (Å²) in [6.07, 6.45) is 11.9. The van der Waals surface area contributed by atoms with Gasteiger partial charge in [0.1, 0.15) is 12.2 Å². The number of carbonyl (C=O) groups excluding carboxylic acids is 2. The van der Waals surface area contributed by atoms with Crippen molar-refractivity contribution < 1.29 is 34.0 Å². The van der Waals surface area contributed by atoms with E-state index in [1.807, 2.05) is 25.1 Å². The highest BCUT2D eigenvalue weighted by Gasteiger charge is 2.25. The third-order valence-corrected chi connectivity index (χ3v) is 7.94. The lowest BCUT2D eigenvalue weighted by atomic mass is 9.91. The number of allylic oxidation sites excluding steroid dienone is 2. The van der Waals surface area contributed by atoms with Gasteiger partial charge in [-0.1, -0.05) is 25.8 Å². The summed E-state index contributed by atoms with van der Waals surface area (Å²) in [7, 11) is 0. The fraction of sp³-hybridized carbons (Fsp3) is 0.625. The number of ether oxygens (including phenoxy) is 3. The van der Waals surface area contributed by atoms with Crippen LogP contribution in [-0.2, 0) is 25.5 Å². The second-order valence-electron chi connectivity index (χ2n) is 11.3. The van der Waals surface area contributed by atoms with E-state index in [1.54, 1.807) is 6.07 Å². The number of rotatable bonds is 15. The van der Waals surface area contributed by atoms with Crippen molar-refractivity contribution in [1.29, 1.82) is 0 Å². The van der Waals surface area contributed by atoms with Gasteiger partial charge in [-0.15, -0.1) is 0 Å². The third-order valence-electron chi connectivity index (χ3n) is 7.94. The van der Waals surface area contributed by atoms with Crippen molar-refractivity contribution in [2.24, 2.45) is 11.7 Å². The van der Waals surface area contributed by atoms with E-state index in [-0.39, 0.29) is 30.3 Å². The normalized spacial score (nSPS) is 17.9. The Morgan fingerprint density at radius 2 is 1.73 bits per heavy atom. The van der Waals surface area contributed by atoms with Crippen LogP contribution >= 0.6 is 0 Å². The molecule has 1 aliphatic carbocycles. The molecule has 9 nitrogen and oxygen atoms in total. The van der Waals surface area contributed by atoms with Crippen LogP contribution in [0.15, 0.2) is 30.1 Å². The van der Waals surface area contributed by atoms with E-state index in [1.165, 1.54) is 20.3 Å². The monoisotopic (exact) mass is 572 g/mol. The second kappa shape index (κ2) is 16.3. The highest BCUT2D eigenvalue weighted by Crippen LogP contribution is 2.37. The van der Waals surface area contributed by atoms with E-state index < -0.39 is 18.2 Å². The number of hydrogen-bond acceptors (Lipinski definition) is 9. The molecule has 0 amide bonds. The first-order chi connectivity index (χ1) is 19.7. The Morgan fingerprint density at radius 1 is 1.05 bits per heavy atom. The number of benzene rings is 1. The van der Waals surface area contributed by atoms with Crippen molar-refractivity contribution in [2.75, 3.05) is 13.2 Å². The van der Waals surface area contributed by atoms with Crippen molar-refractivity contribution in [3.05, 3.63) is 41.2 Å². The fourth-order valence-electron chi connectivity index (χ4n) is 5.66. The van der Waals surface area contributed by atoms with Gasteiger partial charge < -0.3 is 35.5 Å². The zero-order valence-electron chi connectivity index (χ0n) is 24.8. The number of aliphatic hydroxyl groups excluding tert-OH is 1. The fourth-order valence-corrected chi connectivity index (χ4v) is 5.66. The molecule has 0 bridgehead atoms. The number of aliphatic hydroxyl groups is 1. The van der Waals surface area contributed by atoms with E-state index in [9.17, 15) is 19.8 Å². The van der Waals surface area contributed by atoms with Gasteiger partial charge in [0.2, 0.25) is 0 Å². The van der Waals surface area contributed by atoms with E-state index in [4.69, 9.17) is 19.9 Å².